The quantitative estimate of drug-likeness (QED) is 0.0272. The second-order valence-corrected chi connectivity index (χ2v) is 36.0. The monoisotopic (exact) mass is 2090 g/mol. The van der Waals surface area contributed by atoms with Crippen LogP contribution in [-0.2, 0) is 128 Å². The lowest BCUT2D eigenvalue weighted by Crippen LogP contribution is -2.71. The molecule has 0 aliphatic carbocycles. The van der Waals surface area contributed by atoms with Gasteiger partial charge in [-0.3, -0.25) is 24.0 Å². The van der Waals surface area contributed by atoms with Gasteiger partial charge < -0.3 is 289 Å². The van der Waals surface area contributed by atoms with Gasteiger partial charge in [-0.1, -0.05) is 0 Å². The van der Waals surface area contributed by atoms with Gasteiger partial charge in [0.15, 0.2) is 62.9 Å². The molecule has 1 unspecified atom stereocenters. The highest BCUT2D eigenvalue weighted by atomic mass is 16.8. The van der Waals surface area contributed by atoms with Crippen LogP contribution in [0.4, 0.5) is 0 Å². The van der Waals surface area contributed by atoms with Crippen molar-refractivity contribution in [3.63, 3.8) is 0 Å². The molecule has 11 heterocycles. The third-order valence-corrected chi connectivity index (χ3v) is 26.0. The number of aliphatic hydroxyl groups is 31. The van der Waals surface area contributed by atoms with E-state index in [1.807, 2.05) is 0 Å². The van der Waals surface area contributed by atoms with Crippen LogP contribution in [0.3, 0.4) is 0 Å². The largest absolute Gasteiger partial charge is 0.477 e. The molecule has 0 saturated carbocycles. The Morgan fingerprint density at radius 3 is 1.03 bits per heavy atom. The van der Waals surface area contributed by atoms with Crippen molar-refractivity contribution in [1.29, 1.82) is 0 Å². The van der Waals surface area contributed by atoms with Crippen LogP contribution in [0.5, 0.6) is 0 Å². The number of ether oxygens (including phenoxy) is 21. The Labute approximate surface area is 808 Å². The number of carboxylic acid groups (broad SMARTS) is 1. The zero-order valence-corrected chi connectivity index (χ0v) is 76.6. The molecule has 143 heavy (non-hydrogen) atoms. The van der Waals surface area contributed by atoms with E-state index < -0.39 is 458 Å². The number of rotatable bonds is 39. The van der Waals surface area contributed by atoms with Crippen LogP contribution < -0.4 is 26.6 Å². The van der Waals surface area contributed by atoms with Crippen molar-refractivity contribution in [2.75, 3.05) is 72.7 Å². The molecule has 0 aromatic heterocycles. The molecular formula is C79H131N5O59. The number of amides is 5. The average molecular weight is 2090 g/mol. The summed E-state index contributed by atoms with van der Waals surface area (Å²) in [5, 5.41) is 371. The van der Waals surface area contributed by atoms with Crippen molar-refractivity contribution in [2.24, 2.45) is 0 Å². The van der Waals surface area contributed by atoms with E-state index in [1.54, 1.807) is 0 Å². The fraction of sp³-hybridized carbons (Fsp3) is 0.924. The van der Waals surface area contributed by atoms with E-state index >= 15 is 0 Å². The summed E-state index contributed by atoms with van der Waals surface area (Å²) in [4.78, 5) is 77.6. The number of carbonyl (C=O) groups excluding carboxylic acids is 5. The third-order valence-electron chi connectivity index (χ3n) is 26.0. The van der Waals surface area contributed by atoms with Gasteiger partial charge in [-0.15, -0.1) is 0 Å². The van der Waals surface area contributed by atoms with E-state index in [9.17, 15) is 192 Å². The maximum Gasteiger partial charge on any atom is 0.364 e. The van der Waals surface area contributed by atoms with Gasteiger partial charge in [0.1, 0.15) is 262 Å². The lowest BCUT2D eigenvalue weighted by molar-refractivity contribution is -0.399. The van der Waals surface area contributed by atoms with Gasteiger partial charge in [0.2, 0.25) is 29.5 Å². The van der Waals surface area contributed by atoms with Gasteiger partial charge in [-0.25, -0.2) is 4.79 Å². The highest BCUT2D eigenvalue weighted by Gasteiger charge is 2.64. The van der Waals surface area contributed by atoms with Crippen LogP contribution in [0.1, 0.15) is 41.0 Å². The van der Waals surface area contributed by atoms with E-state index in [2.05, 4.69) is 26.6 Å². The molecule has 11 aliphatic heterocycles. The lowest BCUT2D eigenvalue weighted by atomic mass is 9.88. The first kappa shape index (κ1) is 118. The molecule has 0 aromatic carbocycles. The first-order valence-corrected chi connectivity index (χ1v) is 45.3. The van der Waals surface area contributed by atoms with Gasteiger partial charge in [0.25, 0.3) is 5.79 Å². The number of hydrogen-bond acceptors (Lipinski definition) is 58. The second kappa shape index (κ2) is 51.2. The summed E-state index contributed by atoms with van der Waals surface area (Å²) in [7, 11) is 0. The summed E-state index contributed by atoms with van der Waals surface area (Å²) >= 11 is 0. The Balaban J connectivity index is 0.916. The summed E-state index contributed by atoms with van der Waals surface area (Å²) < 4.78 is 125. The second-order valence-electron chi connectivity index (χ2n) is 36.0. The Bertz CT molecular complexity index is 4030. The normalized spacial score (nSPS) is 47.8. The minimum absolute atomic E-state index is 0.833. The predicted molar refractivity (Wildman–Crippen MR) is 438 cm³/mol. The van der Waals surface area contributed by atoms with Gasteiger partial charge in [0, 0.05) is 41.0 Å². The molecular weight excluding hydrogens is 1960 g/mol. The number of aliphatic carboxylic acids is 1. The smallest absolute Gasteiger partial charge is 0.364 e. The van der Waals surface area contributed by atoms with Crippen molar-refractivity contribution >= 4 is 35.5 Å². The van der Waals surface area contributed by atoms with E-state index in [0.29, 0.717) is 0 Å². The zero-order chi connectivity index (χ0) is 106. The highest BCUT2D eigenvalue weighted by molar-refractivity contribution is 5.77. The summed E-state index contributed by atoms with van der Waals surface area (Å²) in [6.45, 7) is -8.75. The zero-order valence-electron chi connectivity index (χ0n) is 76.6. The number of carbonyl (C=O) groups is 6. The number of carboxylic acids is 1. The molecule has 826 valence electrons. The molecule has 11 aliphatic rings. The van der Waals surface area contributed by atoms with Crippen molar-refractivity contribution in [1.82, 2.24) is 26.6 Å². The molecule has 0 bridgehead atoms. The van der Waals surface area contributed by atoms with E-state index in [4.69, 9.17) is 99.5 Å². The Morgan fingerprint density at radius 1 is 0.287 bits per heavy atom. The van der Waals surface area contributed by atoms with E-state index in [-0.39, 0.29) is 0 Å². The Kier molecular flexibility index (Phi) is 42.3. The number of nitrogens with one attached hydrogen (secondary N) is 5. The fourth-order valence-corrected chi connectivity index (χ4v) is 18.4. The average Bonchev–Trinajstić information content (AvgIpc) is 0.756. The molecule has 56 atom stereocenters. The molecule has 11 saturated heterocycles. The van der Waals surface area contributed by atoms with E-state index in [1.165, 1.54) is 0 Å². The number of hydrogen-bond donors (Lipinski definition) is 37. The highest BCUT2D eigenvalue weighted by Crippen LogP contribution is 2.43. The molecule has 64 nitrogen and oxygen atoms in total. The first-order chi connectivity index (χ1) is 67.5. The van der Waals surface area contributed by atoms with Crippen LogP contribution in [0.15, 0.2) is 0 Å². The van der Waals surface area contributed by atoms with Crippen molar-refractivity contribution in [3.05, 3.63) is 0 Å². The topological polar surface area (TPSA) is 1000 Å². The molecule has 5 amide bonds. The van der Waals surface area contributed by atoms with Crippen LogP contribution in [0.25, 0.3) is 0 Å². The first-order valence-electron chi connectivity index (χ1n) is 45.3. The van der Waals surface area contributed by atoms with Gasteiger partial charge in [-0.2, -0.15) is 0 Å². The van der Waals surface area contributed by atoms with E-state index in [0.717, 1.165) is 34.6 Å². The van der Waals surface area contributed by atoms with Crippen molar-refractivity contribution in [3.8, 4) is 0 Å². The lowest BCUT2D eigenvalue weighted by Gasteiger charge is -2.51. The van der Waals surface area contributed by atoms with Crippen molar-refractivity contribution in [2.45, 2.75) is 384 Å². The van der Waals surface area contributed by atoms with Gasteiger partial charge >= 0.3 is 5.97 Å². The molecule has 64 heteroatoms. The van der Waals surface area contributed by atoms with Gasteiger partial charge in [-0.05, 0) is 0 Å². The number of aliphatic hydroxyl groups excluding tert-OH is 31. The molecule has 0 spiro atoms. The molecule has 0 aromatic rings. The minimum Gasteiger partial charge on any atom is -0.477 e. The molecule has 37 N–H and O–H groups in total. The maximum atomic E-state index is 13.5. The van der Waals surface area contributed by atoms with Crippen LogP contribution in [-0.4, -0.2) is 615 Å². The Hall–Kier alpha value is -5.26. The molecule has 0 radical (unpaired) electrons. The predicted octanol–water partition coefficient (Wildman–Crippen LogP) is -25.1. The minimum atomic E-state index is -3.16. The maximum absolute atomic E-state index is 13.5. The van der Waals surface area contributed by atoms with Gasteiger partial charge in [0.05, 0.1) is 84.8 Å². The Morgan fingerprint density at radius 2 is 0.580 bits per heavy atom. The summed E-state index contributed by atoms with van der Waals surface area (Å²) in [6, 6.07) is -9.69. The standard InChI is InChI=1S/C79H131N5O59/c1-18(94)80-35-23(99)6-79(78(121)122,143-64(35)40(101)24(100)7-85)124-17-34-44(105)51(112)56(117)73(134-34)138-62-39(84-22(5)98)71(127-29(12-90)45(62)106)142-67-53(114)43(104)27(10-88)130-77(67)140-65-47(108)33(133-75(58(65)119)136-60-31(14-92)131-69(37(49(60)110)82-20(3)96)135-59-30(13-91)125-68(120)36(48(59)109)81-19(2)95)16-123-76-66(52(113)42(103)26(9-87)129-76)141-70-38(83-21(4)97)63(46(107)28(11-89)126-70)139-74-57(118)54(115)61(32(15-93)132-74)137-72-55(116)50(111)41(102)25(8-86)128-72/h23-77,85-93,99-120H,6-17H2,1-5H3,(H,80,94)(H,81,95)(H,82,96)(H,83,97)(H,84,98)(H,121,122)/t23-,24+,25+,26+,27+,28+,29+,30+,31+,32+,33+,34+,35+,36+,37+,38+,39+,40+,41-,42+,43+,44-,45+,46+,47+,48+,49+,50-,51-,52-,53-,54+,55+,56+,57+,58-,59+,60+,61-,62+,63+,64+,65-,66-,67-,68?,69-,70-,71-,72+,73-,74-,75-,76-,77+,79+/m0/s1. The van der Waals surface area contributed by atoms with Crippen LogP contribution >= 0.6 is 0 Å². The van der Waals surface area contributed by atoms with Crippen LogP contribution in [0.2, 0.25) is 0 Å². The molecule has 11 rings (SSSR count). The van der Waals surface area contributed by atoms with Crippen molar-refractivity contribution < 1.29 is 292 Å². The summed E-state index contributed by atoms with van der Waals surface area (Å²) in [5.41, 5.74) is 0. The summed E-state index contributed by atoms with van der Waals surface area (Å²) in [6.07, 6.45) is -113. The third kappa shape index (κ3) is 26.2. The molecule has 11 fully saturated rings. The fourth-order valence-electron chi connectivity index (χ4n) is 18.4. The summed E-state index contributed by atoms with van der Waals surface area (Å²) in [5.74, 6) is -10.1. The van der Waals surface area contributed by atoms with Crippen LogP contribution in [0, 0.1) is 0 Å². The SMILES string of the molecule is CC(=O)N[C@H]1[C@H](O[C@H]2[C@H](O)[C@@H](NC(C)=O)C(O)O[C@@H]2CO)O[C@H](CO)[C@@H](O[C@@H]2O[C@H](CO[C@H]3O[C@H](CO)[C@@H](O)[C@H](O)[C@@H]3O[C@@H]3O[C@H](CO)[C@@H](O)[C@H](O[C@@H]4O[C@H](CO)[C@H](O[C@H]5O[C@H](CO)[C@H](O)[C@H](O)[C@H]5O)[C@H](O)[C@H]4O)[C@H]3NC(C)=O)[C@@H](O)[C@H](O[C@H]3O[C@H](CO)[C@@H](O)[C@H](O)[C@@H]3O[C@@H]3O[C@H](CO)[C@@H](O)[C@H](O[C@@H]4O[C@H](CO[C@]5(C(=O)O)C[C@H](O)[C@@H](NC(C)=O)[C@H]([C@H](O)[C@H](O)CO)O5)[C@H](O)[C@H](O)[C@H]4O)[C@H]3NC(C)=O)[C@@H]2O)[C@@H]1O.